The number of benzene rings is 1. The number of hydrogen-bond acceptors (Lipinski definition) is 2. The Kier molecular flexibility index (Phi) is 4.94. The van der Waals surface area contributed by atoms with Gasteiger partial charge in [-0.2, -0.15) is 13.2 Å². The lowest BCUT2D eigenvalue weighted by Gasteiger charge is -2.09. The Morgan fingerprint density at radius 1 is 1.39 bits per heavy atom. The molecule has 3 nitrogen and oxygen atoms in total. The van der Waals surface area contributed by atoms with E-state index in [0.29, 0.717) is 4.47 Å². The quantitative estimate of drug-likeness (QED) is 0.863. The van der Waals surface area contributed by atoms with Gasteiger partial charge in [-0.25, -0.2) is 9.18 Å². The minimum absolute atomic E-state index is 0.133. The first-order chi connectivity index (χ1) is 8.28. The molecule has 0 saturated heterocycles. The third kappa shape index (κ3) is 5.35. The van der Waals surface area contributed by atoms with E-state index in [9.17, 15) is 22.4 Å². The molecule has 1 rings (SSSR count). The summed E-state index contributed by atoms with van der Waals surface area (Å²) in [7, 11) is 0. The van der Waals surface area contributed by atoms with E-state index >= 15 is 0 Å². The number of hydrogen-bond donors (Lipinski definition) is 1. The molecule has 0 bridgehead atoms. The molecule has 0 heterocycles. The highest BCUT2D eigenvalue weighted by molar-refractivity contribution is 9.10. The summed E-state index contributed by atoms with van der Waals surface area (Å²) in [6.07, 6.45) is -5.84. The van der Waals surface area contributed by atoms with Crippen molar-refractivity contribution < 1.29 is 27.1 Å². The van der Waals surface area contributed by atoms with Gasteiger partial charge in [-0.1, -0.05) is 15.9 Å². The average molecular weight is 330 g/mol. The molecule has 0 aliphatic carbocycles. The molecule has 1 N–H and O–H groups in total. The second-order valence-electron chi connectivity index (χ2n) is 3.28. The molecule has 0 aliphatic heterocycles. The molecular formula is C10H8BrF4NO2. The monoisotopic (exact) mass is 329 g/mol. The van der Waals surface area contributed by atoms with Crippen molar-refractivity contribution in [2.75, 3.05) is 6.61 Å². The van der Waals surface area contributed by atoms with Gasteiger partial charge in [-0.15, -0.1) is 0 Å². The molecule has 8 heteroatoms. The first kappa shape index (κ1) is 14.7. The molecule has 18 heavy (non-hydrogen) atoms. The maximum atomic E-state index is 13.2. The number of nitrogens with one attached hydrogen (secondary N) is 1. The van der Waals surface area contributed by atoms with Crippen molar-refractivity contribution in [2.24, 2.45) is 0 Å². The molecule has 0 aliphatic rings. The Bertz CT molecular complexity index is 436. The minimum Gasteiger partial charge on any atom is -0.440 e. The molecule has 1 aromatic carbocycles. The van der Waals surface area contributed by atoms with Crippen molar-refractivity contribution in [3.63, 3.8) is 0 Å². The number of amides is 1. The summed E-state index contributed by atoms with van der Waals surface area (Å²) in [5.41, 5.74) is 0.133. The lowest BCUT2D eigenvalue weighted by atomic mass is 10.2. The van der Waals surface area contributed by atoms with Crippen molar-refractivity contribution in [1.82, 2.24) is 5.32 Å². The van der Waals surface area contributed by atoms with Crippen LogP contribution in [-0.4, -0.2) is 18.9 Å². The predicted octanol–water partition coefficient (Wildman–Crippen LogP) is 3.38. The lowest BCUT2D eigenvalue weighted by Crippen LogP contribution is -2.28. The standard InChI is InChI=1S/C10H8BrF4NO2/c11-7-1-2-8(12)6(3-7)4-16-9(17)18-5-10(13,14)15/h1-3H,4-5H2,(H,16,17). The fourth-order valence-corrected chi connectivity index (χ4v) is 1.45. The minimum atomic E-state index is -4.58. The SMILES string of the molecule is O=C(NCc1cc(Br)ccc1F)OCC(F)(F)F. The number of halogens is 5. The highest BCUT2D eigenvalue weighted by atomic mass is 79.9. The second kappa shape index (κ2) is 6.03. The van der Waals surface area contributed by atoms with E-state index in [1.54, 1.807) is 0 Å². The van der Waals surface area contributed by atoms with Gasteiger partial charge >= 0.3 is 12.3 Å². The Morgan fingerprint density at radius 2 is 2.06 bits per heavy atom. The van der Waals surface area contributed by atoms with E-state index < -0.39 is 24.7 Å². The molecule has 0 spiro atoms. The summed E-state index contributed by atoms with van der Waals surface area (Å²) >= 11 is 3.10. The van der Waals surface area contributed by atoms with Crippen molar-refractivity contribution in [1.29, 1.82) is 0 Å². The molecule has 100 valence electrons. The first-order valence-corrected chi connectivity index (χ1v) is 5.48. The van der Waals surface area contributed by atoms with Gasteiger partial charge in [0.25, 0.3) is 0 Å². The summed E-state index contributed by atoms with van der Waals surface area (Å²) in [6, 6.07) is 4.03. The zero-order valence-corrected chi connectivity index (χ0v) is 10.4. The maximum Gasteiger partial charge on any atom is 0.422 e. The smallest absolute Gasteiger partial charge is 0.422 e. The zero-order chi connectivity index (χ0) is 13.8. The fourth-order valence-electron chi connectivity index (χ4n) is 1.04. The van der Waals surface area contributed by atoms with Crippen LogP contribution < -0.4 is 5.32 Å². The first-order valence-electron chi connectivity index (χ1n) is 4.69. The van der Waals surface area contributed by atoms with Crippen LogP contribution in [0.2, 0.25) is 0 Å². The number of ether oxygens (including phenoxy) is 1. The summed E-state index contributed by atoms with van der Waals surface area (Å²) in [6.45, 7) is -1.94. The number of alkyl halides is 3. The molecular weight excluding hydrogens is 322 g/mol. The highest BCUT2D eigenvalue weighted by Gasteiger charge is 2.29. The van der Waals surface area contributed by atoms with Crippen molar-refractivity contribution in [2.45, 2.75) is 12.7 Å². The van der Waals surface area contributed by atoms with Crippen molar-refractivity contribution in [3.8, 4) is 0 Å². The maximum absolute atomic E-state index is 13.2. The number of rotatable bonds is 3. The van der Waals surface area contributed by atoms with Crippen LogP contribution in [-0.2, 0) is 11.3 Å². The van der Waals surface area contributed by atoms with Gasteiger partial charge < -0.3 is 10.1 Å². The van der Waals surface area contributed by atoms with Gasteiger partial charge in [0, 0.05) is 16.6 Å². The number of alkyl carbamates (subject to hydrolysis) is 1. The van der Waals surface area contributed by atoms with E-state index in [-0.39, 0.29) is 12.1 Å². The second-order valence-corrected chi connectivity index (χ2v) is 4.20. The molecule has 0 aromatic heterocycles. The van der Waals surface area contributed by atoms with Gasteiger partial charge in [0.05, 0.1) is 0 Å². The van der Waals surface area contributed by atoms with E-state index in [0.717, 1.165) is 0 Å². The van der Waals surface area contributed by atoms with E-state index in [4.69, 9.17) is 0 Å². The molecule has 0 saturated carbocycles. The Labute approximate surface area is 108 Å². The highest BCUT2D eigenvalue weighted by Crippen LogP contribution is 2.16. The van der Waals surface area contributed by atoms with Crippen molar-refractivity contribution >= 4 is 22.0 Å². The van der Waals surface area contributed by atoms with E-state index in [2.05, 4.69) is 20.7 Å². The van der Waals surface area contributed by atoms with Crippen LogP contribution >= 0.6 is 15.9 Å². The Balaban J connectivity index is 2.45. The van der Waals surface area contributed by atoms with Crippen molar-refractivity contribution in [3.05, 3.63) is 34.1 Å². The summed E-state index contributed by atoms with van der Waals surface area (Å²) in [5, 5.41) is 2.02. The van der Waals surface area contributed by atoms with Crippen LogP contribution in [0.25, 0.3) is 0 Å². The van der Waals surface area contributed by atoms with Crippen LogP contribution in [0.4, 0.5) is 22.4 Å². The summed E-state index contributed by atoms with van der Waals surface area (Å²) in [5.74, 6) is -0.575. The van der Waals surface area contributed by atoms with Crippen LogP contribution in [0.1, 0.15) is 5.56 Å². The zero-order valence-electron chi connectivity index (χ0n) is 8.85. The van der Waals surface area contributed by atoms with Gasteiger partial charge in [0.2, 0.25) is 0 Å². The van der Waals surface area contributed by atoms with Crippen LogP contribution in [0.3, 0.4) is 0 Å². The molecule has 1 amide bonds. The summed E-state index contributed by atoms with van der Waals surface area (Å²) in [4.78, 5) is 10.9. The Hall–Kier alpha value is -1.31. The van der Waals surface area contributed by atoms with Gasteiger partial charge in [-0.05, 0) is 18.2 Å². The van der Waals surface area contributed by atoms with E-state index in [1.807, 2.05) is 5.32 Å². The molecule has 0 unspecified atom stereocenters. The fraction of sp³-hybridized carbons (Fsp3) is 0.300. The molecule has 0 fully saturated rings. The number of carbonyl (C=O) groups excluding carboxylic acids is 1. The number of carbonyl (C=O) groups is 1. The third-order valence-electron chi connectivity index (χ3n) is 1.80. The summed E-state index contributed by atoms with van der Waals surface area (Å²) < 4.78 is 52.9. The average Bonchev–Trinajstić information content (AvgIpc) is 2.26. The van der Waals surface area contributed by atoms with Crippen LogP contribution in [0, 0.1) is 5.82 Å². The molecule has 0 atom stereocenters. The molecule has 0 radical (unpaired) electrons. The van der Waals surface area contributed by atoms with Gasteiger partial charge in [0.15, 0.2) is 6.61 Å². The predicted molar refractivity (Wildman–Crippen MR) is 58.3 cm³/mol. The normalized spacial score (nSPS) is 11.2. The van der Waals surface area contributed by atoms with Gasteiger partial charge in [-0.3, -0.25) is 0 Å². The molecule has 1 aromatic rings. The van der Waals surface area contributed by atoms with Crippen LogP contribution in [0.15, 0.2) is 22.7 Å². The third-order valence-corrected chi connectivity index (χ3v) is 2.29. The van der Waals surface area contributed by atoms with Crippen LogP contribution in [0.5, 0.6) is 0 Å². The van der Waals surface area contributed by atoms with E-state index in [1.165, 1.54) is 18.2 Å². The van der Waals surface area contributed by atoms with Gasteiger partial charge in [0.1, 0.15) is 5.82 Å². The largest absolute Gasteiger partial charge is 0.440 e. The topological polar surface area (TPSA) is 38.3 Å². The lowest BCUT2D eigenvalue weighted by molar-refractivity contribution is -0.160. The Morgan fingerprint density at radius 3 is 2.67 bits per heavy atom.